The van der Waals surface area contributed by atoms with Gasteiger partial charge in [0, 0.05) is 16.7 Å². The molecule has 2 aliphatic carbocycles. The van der Waals surface area contributed by atoms with E-state index in [4.69, 9.17) is 15.0 Å². The maximum absolute atomic E-state index is 5.46. The van der Waals surface area contributed by atoms with E-state index in [2.05, 4.69) is 273 Å². The largest absolute Gasteiger partial charge is 0.208 e. The van der Waals surface area contributed by atoms with Crippen LogP contribution in [0.1, 0.15) is 22.3 Å². The molecule has 0 bridgehead atoms. The van der Waals surface area contributed by atoms with Crippen LogP contribution in [0.3, 0.4) is 0 Å². The van der Waals surface area contributed by atoms with Gasteiger partial charge in [-0.05, 0) is 149 Å². The molecule has 0 radical (unpaired) electrons. The fourth-order valence-electron chi connectivity index (χ4n) is 11.6. The predicted octanol–water partition coefficient (Wildman–Crippen LogP) is 17.6. The Hall–Kier alpha value is -9.57. The monoisotopic (exact) mass is 927 g/mol. The molecular weight excluding hydrogens is 883 g/mol. The van der Waals surface area contributed by atoms with E-state index in [9.17, 15) is 0 Å². The smallest absolute Gasteiger partial charge is 0.164 e. The van der Waals surface area contributed by atoms with Crippen molar-refractivity contribution >= 4 is 0 Å². The fourth-order valence-corrected chi connectivity index (χ4v) is 11.6. The van der Waals surface area contributed by atoms with Gasteiger partial charge in [-0.15, -0.1) is 0 Å². The molecule has 0 saturated heterocycles. The average molecular weight is 928 g/mol. The highest BCUT2D eigenvalue weighted by Gasteiger charge is 2.51. The third kappa shape index (κ3) is 7.16. The van der Waals surface area contributed by atoms with Crippen LogP contribution in [0.15, 0.2) is 273 Å². The van der Waals surface area contributed by atoms with E-state index in [1.165, 1.54) is 55.6 Å². The molecule has 3 nitrogen and oxygen atoms in total. The van der Waals surface area contributed by atoms with Gasteiger partial charge in [-0.3, -0.25) is 0 Å². The van der Waals surface area contributed by atoms with Crippen molar-refractivity contribution in [1.29, 1.82) is 0 Å². The second-order valence-electron chi connectivity index (χ2n) is 19.1. The first-order chi connectivity index (χ1) is 36.2. The van der Waals surface area contributed by atoms with Crippen molar-refractivity contribution in [3.63, 3.8) is 0 Å². The molecule has 3 heteroatoms. The number of hydrogen-bond acceptors (Lipinski definition) is 3. The Morgan fingerprint density at radius 2 is 0.466 bits per heavy atom. The Balaban J connectivity index is 0.973. The maximum Gasteiger partial charge on any atom is 0.164 e. The van der Waals surface area contributed by atoms with E-state index in [1.54, 1.807) is 0 Å². The van der Waals surface area contributed by atoms with Gasteiger partial charge in [0.1, 0.15) is 0 Å². The van der Waals surface area contributed by atoms with Crippen molar-refractivity contribution < 1.29 is 0 Å². The quantitative estimate of drug-likeness (QED) is 0.152. The Labute approximate surface area is 425 Å². The summed E-state index contributed by atoms with van der Waals surface area (Å²) in [6.07, 6.45) is 0. The van der Waals surface area contributed by atoms with Gasteiger partial charge >= 0.3 is 0 Å². The SMILES string of the molecule is c1ccc(-c2cc(-c3ccccc3)cc(-c3cccc(-c4nc(-c5cc(-c6ccccc6)cc(-c6ccccc6)c5)nc(-c5ccc6c(c5)-c5ccccc5C65c6ccccc6-c6ccccc65)n4)c3)c2)cc1. The second kappa shape index (κ2) is 17.4. The van der Waals surface area contributed by atoms with Crippen molar-refractivity contribution in [1.82, 2.24) is 15.0 Å². The normalized spacial score (nSPS) is 12.5. The lowest BCUT2D eigenvalue weighted by Gasteiger charge is -2.30. The van der Waals surface area contributed by atoms with Crippen molar-refractivity contribution in [2.75, 3.05) is 0 Å². The molecule has 1 aromatic heterocycles. The zero-order valence-electron chi connectivity index (χ0n) is 39.8. The summed E-state index contributed by atoms with van der Waals surface area (Å²) in [4.78, 5) is 16.3. The summed E-state index contributed by atoms with van der Waals surface area (Å²) in [6, 6.07) is 98.3. The Morgan fingerprint density at radius 1 is 0.178 bits per heavy atom. The summed E-state index contributed by atoms with van der Waals surface area (Å²) in [7, 11) is 0. The van der Waals surface area contributed by atoms with Crippen LogP contribution in [0.2, 0.25) is 0 Å². The zero-order valence-corrected chi connectivity index (χ0v) is 39.8. The zero-order chi connectivity index (χ0) is 48.3. The Morgan fingerprint density at radius 3 is 0.904 bits per heavy atom. The van der Waals surface area contributed by atoms with Gasteiger partial charge in [-0.1, -0.05) is 224 Å². The molecule has 11 aromatic carbocycles. The van der Waals surface area contributed by atoms with Crippen LogP contribution in [-0.4, -0.2) is 15.0 Å². The van der Waals surface area contributed by atoms with E-state index < -0.39 is 5.41 Å². The first kappa shape index (κ1) is 42.3. The minimum atomic E-state index is -0.447. The summed E-state index contributed by atoms with van der Waals surface area (Å²) >= 11 is 0. The van der Waals surface area contributed by atoms with Crippen LogP contribution in [0, 0.1) is 0 Å². The van der Waals surface area contributed by atoms with Crippen LogP contribution < -0.4 is 0 Å². The van der Waals surface area contributed by atoms with Gasteiger partial charge < -0.3 is 0 Å². The molecule has 1 heterocycles. The number of nitrogens with zero attached hydrogens (tertiary/aromatic N) is 3. The molecule has 0 fully saturated rings. The molecule has 73 heavy (non-hydrogen) atoms. The summed E-state index contributed by atoms with van der Waals surface area (Å²) in [5, 5.41) is 0. The Bertz CT molecular complexity index is 3910. The van der Waals surface area contributed by atoms with Gasteiger partial charge in [-0.25, -0.2) is 15.0 Å². The first-order valence-electron chi connectivity index (χ1n) is 25.0. The van der Waals surface area contributed by atoms with E-state index in [1.807, 2.05) is 0 Å². The molecular formula is C70H45N3. The number of rotatable bonds is 8. The lowest BCUT2D eigenvalue weighted by molar-refractivity contribution is 0.794. The van der Waals surface area contributed by atoms with Crippen LogP contribution in [-0.2, 0) is 5.41 Å². The number of aromatic nitrogens is 3. The van der Waals surface area contributed by atoms with Gasteiger partial charge in [0.15, 0.2) is 17.5 Å². The molecule has 1 spiro atoms. The molecule has 14 rings (SSSR count). The first-order valence-corrected chi connectivity index (χ1v) is 25.0. The summed E-state index contributed by atoms with van der Waals surface area (Å²) in [6.45, 7) is 0. The Kier molecular flexibility index (Phi) is 10.1. The molecule has 2 aliphatic rings. The number of hydrogen-bond donors (Lipinski definition) is 0. The fraction of sp³-hybridized carbons (Fsp3) is 0.0143. The molecule has 0 aliphatic heterocycles. The van der Waals surface area contributed by atoms with E-state index in [0.717, 1.165) is 61.2 Å². The highest BCUT2D eigenvalue weighted by Crippen LogP contribution is 2.63. The van der Waals surface area contributed by atoms with E-state index in [0.29, 0.717) is 17.5 Å². The lowest BCUT2D eigenvalue weighted by atomic mass is 9.70. The van der Waals surface area contributed by atoms with Gasteiger partial charge in [0.2, 0.25) is 0 Å². The molecule has 0 unspecified atom stereocenters. The second-order valence-corrected chi connectivity index (χ2v) is 19.1. The van der Waals surface area contributed by atoms with Crippen LogP contribution in [0.25, 0.3) is 112 Å². The van der Waals surface area contributed by atoms with Crippen LogP contribution in [0.5, 0.6) is 0 Å². The minimum absolute atomic E-state index is 0.447. The molecule has 0 N–H and O–H groups in total. The van der Waals surface area contributed by atoms with Gasteiger partial charge in [-0.2, -0.15) is 0 Å². The summed E-state index contributed by atoms with van der Waals surface area (Å²) < 4.78 is 0. The third-order valence-corrected chi connectivity index (χ3v) is 14.9. The summed E-state index contributed by atoms with van der Waals surface area (Å²) in [5.41, 5.74) is 23.7. The van der Waals surface area contributed by atoms with E-state index in [-0.39, 0.29) is 0 Å². The third-order valence-electron chi connectivity index (χ3n) is 14.9. The topological polar surface area (TPSA) is 38.7 Å². The van der Waals surface area contributed by atoms with Crippen molar-refractivity contribution in [3.8, 4) is 112 Å². The molecule has 12 aromatic rings. The molecule has 0 saturated carbocycles. The standard InChI is InChI=1S/C70H45N3/c1-5-20-46(21-6-1)53-39-54(47-22-7-2-8-23-47)42-57(41-53)50-28-19-29-51(38-50)67-71-68(73-69(72-67)58-43-55(48-24-9-3-10-25-48)40-56(44-58)49-26-11-4-12-27-49)52-36-37-66-62(45-52)61-32-15-18-35-65(61)70(66)63-33-16-13-30-59(63)60-31-14-17-34-64(60)70/h1-45H. The molecule has 340 valence electrons. The van der Waals surface area contributed by atoms with Gasteiger partial charge in [0.05, 0.1) is 5.41 Å². The minimum Gasteiger partial charge on any atom is -0.208 e. The number of fused-ring (bicyclic) bond motifs is 10. The van der Waals surface area contributed by atoms with Crippen LogP contribution in [0.4, 0.5) is 0 Å². The van der Waals surface area contributed by atoms with Crippen molar-refractivity contribution in [3.05, 3.63) is 295 Å². The molecule has 0 amide bonds. The van der Waals surface area contributed by atoms with Crippen molar-refractivity contribution in [2.24, 2.45) is 0 Å². The van der Waals surface area contributed by atoms with Crippen LogP contribution >= 0.6 is 0 Å². The van der Waals surface area contributed by atoms with Crippen molar-refractivity contribution in [2.45, 2.75) is 5.41 Å². The highest BCUT2D eigenvalue weighted by molar-refractivity contribution is 5.96. The summed E-state index contributed by atoms with van der Waals surface area (Å²) in [5.74, 6) is 1.82. The highest BCUT2D eigenvalue weighted by atomic mass is 15.0. The lowest BCUT2D eigenvalue weighted by Crippen LogP contribution is -2.25. The number of benzene rings is 11. The average Bonchev–Trinajstić information content (AvgIpc) is 3.95. The van der Waals surface area contributed by atoms with Gasteiger partial charge in [0.25, 0.3) is 0 Å². The van der Waals surface area contributed by atoms with E-state index >= 15 is 0 Å². The predicted molar refractivity (Wildman–Crippen MR) is 300 cm³/mol. The molecule has 0 atom stereocenters. The maximum atomic E-state index is 5.46.